The van der Waals surface area contributed by atoms with Gasteiger partial charge in [0.05, 0.1) is 12.0 Å². The SMILES string of the molecule is N#Cc1nccc2oc(-c3nc(CC4CCN(C(=O)OCC5CC5)CC4)no3)cc12. The fourth-order valence-corrected chi connectivity index (χ4v) is 3.74. The number of hydrogen-bond donors (Lipinski definition) is 0. The standard InChI is InChI=1S/C21H21N5O4/c22-11-16-15-10-18(29-17(15)3-6-23-16)20-24-19(25-30-20)9-13-4-7-26(8-5-13)21(27)28-12-14-1-2-14/h3,6,10,13-14H,1-2,4-5,7-9,12H2. The van der Waals surface area contributed by atoms with Crippen molar-refractivity contribution in [1.82, 2.24) is 20.0 Å². The van der Waals surface area contributed by atoms with Gasteiger partial charge in [-0.15, -0.1) is 0 Å². The molecule has 0 aromatic carbocycles. The average Bonchev–Trinajstić information content (AvgIpc) is 3.31. The van der Waals surface area contributed by atoms with Gasteiger partial charge in [-0.3, -0.25) is 0 Å². The van der Waals surface area contributed by atoms with Gasteiger partial charge in [0.25, 0.3) is 5.89 Å². The van der Waals surface area contributed by atoms with Crippen molar-refractivity contribution in [3.8, 4) is 17.7 Å². The van der Waals surface area contributed by atoms with Crippen molar-refractivity contribution in [3.63, 3.8) is 0 Å². The summed E-state index contributed by atoms with van der Waals surface area (Å²) >= 11 is 0. The molecular formula is C21H21N5O4. The van der Waals surface area contributed by atoms with Crippen LogP contribution < -0.4 is 0 Å². The number of rotatable bonds is 5. The molecule has 3 aromatic rings. The molecule has 0 unspecified atom stereocenters. The molecule has 1 saturated carbocycles. The summed E-state index contributed by atoms with van der Waals surface area (Å²) in [6.07, 6.45) is 6.12. The molecular weight excluding hydrogens is 386 g/mol. The zero-order valence-electron chi connectivity index (χ0n) is 16.4. The largest absolute Gasteiger partial charge is 0.451 e. The first-order valence-corrected chi connectivity index (χ1v) is 10.2. The topological polar surface area (TPSA) is 118 Å². The Morgan fingerprint density at radius 1 is 1.27 bits per heavy atom. The van der Waals surface area contributed by atoms with E-state index in [1.54, 1.807) is 17.0 Å². The van der Waals surface area contributed by atoms with Gasteiger partial charge >= 0.3 is 6.09 Å². The average molecular weight is 407 g/mol. The molecule has 0 radical (unpaired) electrons. The summed E-state index contributed by atoms with van der Waals surface area (Å²) in [5.74, 6) is 2.27. The number of aromatic nitrogens is 3. The fourth-order valence-electron chi connectivity index (χ4n) is 3.74. The quantitative estimate of drug-likeness (QED) is 0.630. The molecule has 0 spiro atoms. The van der Waals surface area contributed by atoms with Crippen LogP contribution in [0.25, 0.3) is 22.6 Å². The first-order valence-electron chi connectivity index (χ1n) is 10.2. The number of carbonyl (C=O) groups excluding carboxylic acids is 1. The van der Waals surface area contributed by atoms with Gasteiger partial charge in [-0.05, 0) is 43.6 Å². The van der Waals surface area contributed by atoms with Crippen LogP contribution in [0.3, 0.4) is 0 Å². The Morgan fingerprint density at radius 2 is 2.10 bits per heavy atom. The van der Waals surface area contributed by atoms with Crippen LogP contribution in [0.4, 0.5) is 4.79 Å². The molecule has 154 valence electrons. The molecule has 0 atom stereocenters. The third kappa shape index (κ3) is 3.85. The predicted octanol–water partition coefficient (Wildman–Crippen LogP) is 3.55. The Hall–Kier alpha value is -3.41. The van der Waals surface area contributed by atoms with E-state index in [-0.39, 0.29) is 12.0 Å². The van der Waals surface area contributed by atoms with Crippen molar-refractivity contribution in [2.45, 2.75) is 32.1 Å². The minimum Gasteiger partial charge on any atom is -0.451 e. The van der Waals surface area contributed by atoms with Crippen molar-refractivity contribution in [2.24, 2.45) is 11.8 Å². The minimum absolute atomic E-state index is 0.196. The molecule has 3 aromatic heterocycles. The third-order valence-corrected chi connectivity index (χ3v) is 5.71. The molecule has 9 nitrogen and oxygen atoms in total. The van der Waals surface area contributed by atoms with Crippen molar-refractivity contribution in [2.75, 3.05) is 19.7 Å². The van der Waals surface area contributed by atoms with E-state index in [0.717, 1.165) is 12.8 Å². The Balaban J connectivity index is 1.19. The van der Waals surface area contributed by atoms with Gasteiger partial charge in [-0.2, -0.15) is 10.2 Å². The van der Waals surface area contributed by atoms with Gasteiger partial charge in [0.15, 0.2) is 17.3 Å². The lowest BCUT2D eigenvalue weighted by Crippen LogP contribution is -2.39. The monoisotopic (exact) mass is 407 g/mol. The zero-order valence-corrected chi connectivity index (χ0v) is 16.4. The van der Waals surface area contributed by atoms with Crippen LogP contribution in [0.15, 0.2) is 27.3 Å². The molecule has 1 amide bonds. The number of fused-ring (bicyclic) bond motifs is 1. The molecule has 0 N–H and O–H groups in total. The van der Waals surface area contributed by atoms with Gasteiger partial charge in [0.1, 0.15) is 11.7 Å². The smallest absolute Gasteiger partial charge is 0.409 e. The van der Waals surface area contributed by atoms with Gasteiger partial charge in [0, 0.05) is 31.8 Å². The van der Waals surface area contributed by atoms with Gasteiger partial charge in [0.2, 0.25) is 0 Å². The lowest BCUT2D eigenvalue weighted by molar-refractivity contribution is 0.0840. The summed E-state index contributed by atoms with van der Waals surface area (Å²) in [4.78, 5) is 22.4. The maximum absolute atomic E-state index is 12.1. The number of furan rings is 1. The van der Waals surface area contributed by atoms with Gasteiger partial charge in [-0.25, -0.2) is 9.78 Å². The van der Waals surface area contributed by atoms with Crippen molar-refractivity contribution in [1.29, 1.82) is 5.26 Å². The maximum atomic E-state index is 12.1. The van der Waals surface area contributed by atoms with Crippen molar-refractivity contribution < 1.29 is 18.5 Å². The highest BCUT2D eigenvalue weighted by Crippen LogP contribution is 2.30. The lowest BCUT2D eigenvalue weighted by atomic mass is 9.93. The number of carbonyl (C=O) groups is 1. The molecule has 5 rings (SSSR count). The fraction of sp³-hybridized carbons (Fsp3) is 0.476. The highest BCUT2D eigenvalue weighted by atomic mass is 16.6. The Labute approximate surface area is 172 Å². The van der Waals surface area contributed by atoms with Crippen LogP contribution in [-0.2, 0) is 11.2 Å². The third-order valence-electron chi connectivity index (χ3n) is 5.71. The number of pyridine rings is 1. The normalized spacial score (nSPS) is 17.2. The molecule has 30 heavy (non-hydrogen) atoms. The van der Waals surface area contributed by atoms with Crippen molar-refractivity contribution in [3.05, 3.63) is 29.8 Å². The van der Waals surface area contributed by atoms with E-state index >= 15 is 0 Å². The zero-order chi connectivity index (χ0) is 20.5. The number of piperidine rings is 1. The molecule has 1 aliphatic heterocycles. The van der Waals surface area contributed by atoms with Crippen LogP contribution in [0, 0.1) is 23.2 Å². The molecule has 2 fully saturated rings. The first kappa shape index (κ1) is 18.6. The van der Waals surface area contributed by atoms with E-state index in [1.807, 2.05) is 6.07 Å². The molecule has 4 heterocycles. The second kappa shape index (κ2) is 7.78. The van der Waals surface area contributed by atoms with E-state index in [1.165, 1.54) is 19.0 Å². The number of nitriles is 1. The second-order valence-corrected chi connectivity index (χ2v) is 7.96. The van der Waals surface area contributed by atoms with E-state index in [2.05, 4.69) is 15.1 Å². The van der Waals surface area contributed by atoms with Crippen LogP contribution in [0.1, 0.15) is 37.2 Å². The molecule has 2 aliphatic rings. The molecule has 0 bridgehead atoms. The summed E-state index contributed by atoms with van der Waals surface area (Å²) in [7, 11) is 0. The lowest BCUT2D eigenvalue weighted by Gasteiger charge is -2.30. The Kier molecular flexibility index (Phi) is 4.83. The highest BCUT2D eigenvalue weighted by Gasteiger charge is 2.28. The second-order valence-electron chi connectivity index (χ2n) is 7.96. The van der Waals surface area contributed by atoms with Crippen molar-refractivity contribution >= 4 is 17.1 Å². The predicted molar refractivity (Wildman–Crippen MR) is 104 cm³/mol. The summed E-state index contributed by atoms with van der Waals surface area (Å²) in [6, 6.07) is 5.44. The number of likely N-dealkylation sites (tertiary alicyclic amines) is 1. The first-order chi connectivity index (χ1) is 14.7. The van der Waals surface area contributed by atoms with E-state index in [9.17, 15) is 10.1 Å². The van der Waals surface area contributed by atoms with Crippen LogP contribution in [-0.4, -0.2) is 45.8 Å². The summed E-state index contributed by atoms with van der Waals surface area (Å²) < 4.78 is 16.5. The van der Waals surface area contributed by atoms with Crippen LogP contribution in [0.2, 0.25) is 0 Å². The summed E-state index contributed by atoms with van der Waals surface area (Å²) in [5.41, 5.74) is 0.849. The number of ether oxygens (including phenoxy) is 1. The molecule has 1 aliphatic carbocycles. The summed E-state index contributed by atoms with van der Waals surface area (Å²) in [6.45, 7) is 1.93. The number of hydrogen-bond acceptors (Lipinski definition) is 8. The van der Waals surface area contributed by atoms with E-state index < -0.39 is 0 Å². The van der Waals surface area contributed by atoms with E-state index in [0.29, 0.717) is 66.2 Å². The maximum Gasteiger partial charge on any atom is 0.409 e. The van der Waals surface area contributed by atoms with Crippen LogP contribution >= 0.6 is 0 Å². The number of amides is 1. The molecule has 9 heteroatoms. The van der Waals surface area contributed by atoms with Crippen LogP contribution in [0.5, 0.6) is 0 Å². The summed E-state index contributed by atoms with van der Waals surface area (Å²) in [5, 5.41) is 13.9. The van der Waals surface area contributed by atoms with Gasteiger partial charge < -0.3 is 18.6 Å². The van der Waals surface area contributed by atoms with Gasteiger partial charge in [-0.1, -0.05) is 5.16 Å². The Bertz CT molecular complexity index is 1100. The molecule has 1 saturated heterocycles. The highest BCUT2D eigenvalue weighted by molar-refractivity contribution is 5.85. The number of nitrogens with zero attached hydrogens (tertiary/aromatic N) is 5. The van der Waals surface area contributed by atoms with E-state index in [4.69, 9.17) is 13.7 Å². The minimum atomic E-state index is -0.196. The Morgan fingerprint density at radius 3 is 2.87 bits per heavy atom.